The molecule has 0 N–H and O–H groups in total. The Morgan fingerprint density at radius 3 is 2.33 bits per heavy atom. The highest BCUT2D eigenvalue weighted by Crippen LogP contribution is 1.80. The monoisotopic (exact) mass is 103 g/mol. The molecule has 0 aromatic heterocycles. The van der Waals surface area contributed by atoms with Crippen LogP contribution in [0.5, 0.6) is 0 Å². The minimum absolute atomic E-state index is 0.0602. The van der Waals surface area contributed by atoms with Crippen molar-refractivity contribution >= 4 is 17.1 Å². The minimum atomic E-state index is -0.0602. The third-order valence-electron chi connectivity index (χ3n) is 0.454. The average molecular weight is 103 g/mol. The molecule has 0 saturated carbocycles. The lowest BCUT2D eigenvalue weighted by Crippen LogP contribution is -1.87. The molecule has 0 bridgehead atoms. The predicted molar refractivity (Wildman–Crippen MR) is 28.4 cm³/mol. The highest BCUT2D eigenvalue weighted by atomic mass is 32.1. The van der Waals surface area contributed by atoms with Crippen molar-refractivity contribution in [2.24, 2.45) is 0 Å². The van der Waals surface area contributed by atoms with E-state index in [9.17, 15) is 5.11 Å². The zero-order chi connectivity index (χ0) is 4.99. The fourth-order valence-electron chi connectivity index (χ4n) is 0.144. The second-order valence-corrected chi connectivity index (χ2v) is 1.85. The highest BCUT2D eigenvalue weighted by Gasteiger charge is 1.81. The average Bonchev–Trinajstić information content (AvgIpc) is 1.35. The van der Waals surface area contributed by atoms with Gasteiger partial charge >= 0.3 is 0 Å². The van der Waals surface area contributed by atoms with Crippen LogP contribution < -0.4 is 0 Å². The molecular formula is C4H7OS. The van der Waals surface area contributed by atoms with Gasteiger partial charge in [0, 0.05) is 6.42 Å². The molecule has 0 aromatic carbocycles. The zero-order valence-corrected chi connectivity index (χ0v) is 4.55. The largest absolute Gasteiger partial charge is 0.236 e. The van der Waals surface area contributed by atoms with Gasteiger partial charge in [-0.05, 0) is 11.8 Å². The van der Waals surface area contributed by atoms with Crippen molar-refractivity contribution in [1.29, 1.82) is 0 Å². The van der Waals surface area contributed by atoms with Crippen molar-refractivity contribution in [3.8, 4) is 0 Å². The lowest BCUT2D eigenvalue weighted by Gasteiger charge is -1.82. The van der Waals surface area contributed by atoms with Crippen molar-refractivity contribution in [1.82, 2.24) is 0 Å². The van der Waals surface area contributed by atoms with Gasteiger partial charge in [0.25, 0.3) is 0 Å². The van der Waals surface area contributed by atoms with Gasteiger partial charge in [0.2, 0.25) is 0 Å². The van der Waals surface area contributed by atoms with Crippen LogP contribution in [-0.4, -0.2) is 11.5 Å². The molecule has 0 heterocycles. The first-order valence-corrected chi connectivity index (χ1v) is 2.25. The number of hydrogen-bond donors (Lipinski definition) is 0. The Kier molecular flexibility index (Phi) is 3.28. The van der Waals surface area contributed by atoms with E-state index in [2.05, 4.69) is 12.2 Å². The Bertz CT molecular complexity index is 51.5. The van der Waals surface area contributed by atoms with Crippen LogP contribution in [0.15, 0.2) is 0 Å². The maximum absolute atomic E-state index is 9.65. The summed E-state index contributed by atoms with van der Waals surface area (Å²) < 4.78 is 0. The van der Waals surface area contributed by atoms with Crippen molar-refractivity contribution in [2.75, 3.05) is 6.61 Å². The molecular weight excluding hydrogens is 96.1 g/mol. The molecule has 0 aliphatic rings. The molecule has 35 valence electrons. The van der Waals surface area contributed by atoms with Crippen molar-refractivity contribution < 1.29 is 5.11 Å². The smallest absolute Gasteiger partial charge is 0.0867 e. The summed E-state index contributed by atoms with van der Waals surface area (Å²) in [7, 11) is 0. The van der Waals surface area contributed by atoms with E-state index in [-0.39, 0.29) is 6.61 Å². The van der Waals surface area contributed by atoms with Crippen LogP contribution in [0.4, 0.5) is 0 Å². The SMILES string of the molecule is CC(=S)CC[O]. The first kappa shape index (κ1) is 6.05. The molecule has 0 aliphatic heterocycles. The highest BCUT2D eigenvalue weighted by molar-refractivity contribution is 7.80. The first-order chi connectivity index (χ1) is 2.77. The third-order valence-corrected chi connectivity index (χ3v) is 0.658. The lowest BCUT2D eigenvalue weighted by atomic mass is 10.4. The second-order valence-electron chi connectivity index (χ2n) is 1.16. The molecule has 1 radical (unpaired) electrons. The summed E-state index contributed by atoms with van der Waals surface area (Å²) in [5, 5.41) is 9.65. The van der Waals surface area contributed by atoms with Gasteiger partial charge in [0.15, 0.2) is 0 Å². The molecule has 0 aliphatic carbocycles. The van der Waals surface area contributed by atoms with Crippen LogP contribution in [0.3, 0.4) is 0 Å². The summed E-state index contributed by atoms with van der Waals surface area (Å²) in [6.45, 7) is 1.72. The Morgan fingerprint density at radius 1 is 1.83 bits per heavy atom. The van der Waals surface area contributed by atoms with Gasteiger partial charge in [-0.3, -0.25) is 0 Å². The molecule has 0 rings (SSSR count). The van der Waals surface area contributed by atoms with Gasteiger partial charge in [0.05, 0.1) is 6.61 Å². The molecule has 0 spiro atoms. The van der Waals surface area contributed by atoms with E-state index in [1.165, 1.54) is 0 Å². The number of rotatable bonds is 2. The topological polar surface area (TPSA) is 19.9 Å². The van der Waals surface area contributed by atoms with E-state index in [1.54, 1.807) is 6.92 Å². The molecule has 0 aromatic rings. The molecule has 2 heteroatoms. The first-order valence-electron chi connectivity index (χ1n) is 1.85. The molecule has 0 saturated heterocycles. The van der Waals surface area contributed by atoms with Gasteiger partial charge in [-0.15, -0.1) is 0 Å². The van der Waals surface area contributed by atoms with Crippen LogP contribution in [0.25, 0.3) is 0 Å². The van der Waals surface area contributed by atoms with Crippen molar-refractivity contribution in [3.05, 3.63) is 0 Å². The van der Waals surface area contributed by atoms with Crippen LogP contribution in [-0.2, 0) is 5.11 Å². The van der Waals surface area contributed by atoms with Gasteiger partial charge in [-0.1, -0.05) is 12.2 Å². The van der Waals surface area contributed by atoms with Crippen molar-refractivity contribution in [2.45, 2.75) is 13.3 Å². The molecule has 0 fully saturated rings. The summed E-state index contributed by atoms with van der Waals surface area (Å²) in [5.41, 5.74) is 0. The van der Waals surface area contributed by atoms with E-state index in [4.69, 9.17) is 0 Å². The van der Waals surface area contributed by atoms with Crippen LogP contribution in [0, 0.1) is 0 Å². The van der Waals surface area contributed by atoms with Crippen LogP contribution >= 0.6 is 12.2 Å². The summed E-state index contributed by atoms with van der Waals surface area (Å²) >= 11 is 4.59. The van der Waals surface area contributed by atoms with Crippen LogP contribution in [0.2, 0.25) is 0 Å². The summed E-state index contributed by atoms with van der Waals surface area (Å²) in [5.74, 6) is 0. The van der Waals surface area contributed by atoms with Crippen molar-refractivity contribution in [3.63, 3.8) is 0 Å². The Morgan fingerprint density at radius 2 is 2.33 bits per heavy atom. The Balaban J connectivity index is 2.83. The van der Waals surface area contributed by atoms with Gasteiger partial charge in [-0.2, -0.15) is 0 Å². The van der Waals surface area contributed by atoms with Gasteiger partial charge in [0.1, 0.15) is 0 Å². The second kappa shape index (κ2) is 3.25. The van der Waals surface area contributed by atoms with E-state index < -0.39 is 0 Å². The van der Waals surface area contributed by atoms with Gasteiger partial charge in [-0.25, -0.2) is 5.11 Å². The maximum Gasteiger partial charge on any atom is 0.0867 e. The fourth-order valence-corrected chi connectivity index (χ4v) is 0.227. The van der Waals surface area contributed by atoms with Gasteiger partial charge < -0.3 is 0 Å². The third kappa shape index (κ3) is 4.05. The minimum Gasteiger partial charge on any atom is -0.236 e. The predicted octanol–water partition coefficient (Wildman–Crippen LogP) is 1.20. The molecule has 0 atom stereocenters. The number of hydrogen-bond acceptors (Lipinski definition) is 1. The molecule has 1 nitrogen and oxygen atoms in total. The summed E-state index contributed by atoms with van der Waals surface area (Å²) in [6, 6.07) is 0. The van der Waals surface area contributed by atoms with Crippen LogP contribution in [0.1, 0.15) is 13.3 Å². The standard InChI is InChI=1S/C4H7OS/c1-4(6)2-3-5/h2-3H2,1H3. The number of thiocarbonyl (C=S) groups is 1. The zero-order valence-electron chi connectivity index (χ0n) is 3.73. The Labute approximate surface area is 43.0 Å². The summed E-state index contributed by atoms with van der Waals surface area (Å²) in [4.78, 5) is 0.810. The lowest BCUT2D eigenvalue weighted by molar-refractivity contribution is 0.203. The Hall–Kier alpha value is 0.0500. The van der Waals surface area contributed by atoms with E-state index in [0.29, 0.717) is 6.42 Å². The van der Waals surface area contributed by atoms with E-state index in [1.807, 2.05) is 0 Å². The normalized spacial score (nSPS) is 8.33. The van der Waals surface area contributed by atoms with E-state index >= 15 is 0 Å². The molecule has 0 unspecified atom stereocenters. The summed E-state index contributed by atoms with van der Waals surface area (Å²) in [6.07, 6.45) is 0.551. The molecule has 6 heavy (non-hydrogen) atoms. The molecule has 0 amide bonds. The van der Waals surface area contributed by atoms with E-state index in [0.717, 1.165) is 4.86 Å². The maximum atomic E-state index is 9.65. The fraction of sp³-hybridized carbons (Fsp3) is 0.750. The quantitative estimate of drug-likeness (QED) is 0.481.